The van der Waals surface area contributed by atoms with Crippen molar-refractivity contribution in [1.82, 2.24) is 9.88 Å². The van der Waals surface area contributed by atoms with E-state index in [-0.39, 0.29) is 0 Å². The van der Waals surface area contributed by atoms with Gasteiger partial charge in [0.2, 0.25) is 0 Å². The van der Waals surface area contributed by atoms with Gasteiger partial charge >= 0.3 is 0 Å². The van der Waals surface area contributed by atoms with Crippen molar-refractivity contribution in [3.63, 3.8) is 0 Å². The Hall–Kier alpha value is -1.54. The molecule has 0 aliphatic heterocycles. The highest BCUT2D eigenvalue weighted by atomic mass is 15.0. The fourth-order valence-electron chi connectivity index (χ4n) is 2.89. The van der Waals surface area contributed by atoms with Gasteiger partial charge in [-0.05, 0) is 75.5 Å². The molecule has 1 N–H and O–H groups in total. The van der Waals surface area contributed by atoms with Gasteiger partial charge in [-0.1, -0.05) is 13.0 Å². The van der Waals surface area contributed by atoms with Crippen LogP contribution < -0.4 is 5.32 Å². The Bertz CT molecular complexity index is 573. The zero-order valence-corrected chi connectivity index (χ0v) is 13.4. The molecule has 0 aliphatic rings. The van der Waals surface area contributed by atoms with E-state index in [9.17, 15) is 0 Å². The third-order valence-corrected chi connectivity index (χ3v) is 3.74. The number of aryl methyl sites for hydroxylation is 3. The SMILES string of the molecule is CCCNCc1cc(C)n(-c2cc(C)cc(C)c2)c1C. The van der Waals surface area contributed by atoms with Crippen LogP contribution in [-0.2, 0) is 6.54 Å². The first-order valence-corrected chi connectivity index (χ1v) is 7.50. The fourth-order valence-corrected chi connectivity index (χ4v) is 2.89. The van der Waals surface area contributed by atoms with E-state index in [4.69, 9.17) is 0 Å². The number of hydrogen-bond acceptors (Lipinski definition) is 1. The van der Waals surface area contributed by atoms with Gasteiger partial charge in [-0.3, -0.25) is 0 Å². The molecule has 0 saturated heterocycles. The first-order chi connectivity index (χ1) is 9.52. The zero-order chi connectivity index (χ0) is 14.7. The Labute approximate surface area is 122 Å². The molecule has 20 heavy (non-hydrogen) atoms. The maximum absolute atomic E-state index is 3.49. The van der Waals surface area contributed by atoms with Crippen molar-refractivity contribution in [1.29, 1.82) is 0 Å². The molecule has 0 atom stereocenters. The molecule has 1 aromatic carbocycles. The first kappa shape index (κ1) is 14.9. The molecular formula is C18H26N2. The van der Waals surface area contributed by atoms with E-state index in [1.54, 1.807) is 0 Å². The Morgan fingerprint density at radius 3 is 2.20 bits per heavy atom. The molecule has 0 unspecified atom stereocenters. The van der Waals surface area contributed by atoms with Crippen molar-refractivity contribution in [2.24, 2.45) is 0 Å². The predicted octanol–water partition coefficient (Wildman–Crippen LogP) is 4.21. The molecular weight excluding hydrogens is 244 g/mol. The lowest BCUT2D eigenvalue weighted by Crippen LogP contribution is -2.14. The van der Waals surface area contributed by atoms with Crippen LogP contribution in [0.15, 0.2) is 24.3 Å². The van der Waals surface area contributed by atoms with Crippen molar-refractivity contribution in [2.45, 2.75) is 47.6 Å². The van der Waals surface area contributed by atoms with E-state index in [1.807, 2.05) is 0 Å². The monoisotopic (exact) mass is 270 g/mol. The molecule has 2 aromatic rings. The van der Waals surface area contributed by atoms with Crippen LogP contribution in [0.5, 0.6) is 0 Å². The van der Waals surface area contributed by atoms with E-state index < -0.39 is 0 Å². The van der Waals surface area contributed by atoms with Crippen molar-refractivity contribution in [3.05, 3.63) is 52.3 Å². The second kappa shape index (κ2) is 6.27. The third kappa shape index (κ3) is 3.13. The van der Waals surface area contributed by atoms with Gasteiger partial charge in [-0.15, -0.1) is 0 Å². The summed E-state index contributed by atoms with van der Waals surface area (Å²) in [5.41, 5.74) is 7.96. The normalized spacial score (nSPS) is 11.1. The van der Waals surface area contributed by atoms with Gasteiger partial charge in [0.1, 0.15) is 0 Å². The van der Waals surface area contributed by atoms with Crippen molar-refractivity contribution >= 4 is 0 Å². The van der Waals surface area contributed by atoms with Crippen LogP contribution in [0.3, 0.4) is 0 Å². The molecule has 1 heterocycles. The minimum atomic E-state index is 0.957. The number of nitrogens with one attached hydrogen (secondary N) is 1. The highest BCUT2D eigenvalue weighted by Crippen LogP contribution is 2.22. The summed E-state index contributed by atoms with van der Waals surface area (Å²) in [6, 6.07) is 9.05. The number of rotatable bonds is 5. The maximum atomic E-state index is 3.49. The van der Waals surface area contributed by atoms with Crippen LogP contribution in [0.4, 0.5) is 0 Å². The topological polar surface area (TPSA) is 17.0 Å². The molecule has 108 valence electrons. The summed E-state index contributed by atoms with van der Waals surface area (Å²) in [5, 5.41) is 3.49. The molecule has 0 aliphatic carbocycles. The maximum Gasteiger partial charge on any atom is 0.0460 e. The summed E-state index contributed by atoms with van der Waals surface area (Å²) in [6.07, 6.45) is 1.18. The smallest absolute Gasteiger partial charge is 0.0460 e. The third-order valence-electron chi connectivity index (χ3n) is 3.74. The van der Waals surface area contributed by atoms with Crippen LogP contribution in [-0.4, -0.2) is 11.1 Å². The van der Waals surface area contributed by atoms with E-state index in [0.29, 0.717) is 0 Å². The lowest BCUT2D eigenvalue weighted by molar-refractivity contribution is 0.672. The molecule has 0 saturated carbocycles. The number of benzene rings is 1. The summed E-state index contributed by atoms with van der Waals surface area (Å²) < 4.78 is 2.36. The first-order valence-electron chi connectivity index (χ1n) is 7.50. The van der Waals surface area contributed by atoms with Gasteiger partial charge in [0.15, 0.2) is 0 Å². The summed E-state index contributed by atoms with van der Waals surface area (Å²) >= 11 is 0. The van der Waals surface area contributed by atoms with E-state index >= 15 is 0 Å². The average Bonchev–Trinajstić information content (AvgIpc) is 2.63. The van der Waals surface area contributed by atoms with Crippen LogP contribution in [0.25, 0.3) is 5.69 Å². The lowest BCUT2D eigenvalue weighted by atomic mass is 10.1. The zero-order valence-electron chi connectivity index (χ0n) is 13.4. The van der Waals surface area contributed by atoms with E-state index in [0.717, 1.165) is 13.1 Å². The van der Waals surface area contributed by atoms with Crippen molar-refractivity contribution < 1.29 is 0 Å². The van der Waals surface area contributed by atoms with Gasteiger partial charge in [-0.2, -0.15) is 0 Å². The second-order valence-corrected chi connectivity index (χ2v) is 5.75. The summed E-state index contributed by atoms with van der Waals surface area (Å²) in [6.45, 7) is 13.0. The van der Waals surface area contributed by atoms with Crippen LogP contribution in [0.2, 0.25) is 0 Å². The quantitative estimate of drug-likeness (QED) is 0.805. The Kier molecular flexibility index (Phi) is 4.66. The average molecular weight is 270 g/mol. The van der Waals surface area contributed by atoms with Gasteiger partial charge < -0.3 is 9.88 Å². The molecule has 2 heteroatoms. The van der Waals surface area contributed by atoms with Crippen LogP contribution in [0, 0.1) is 27.7 Å². The van der Waals surface area contributed by atoms with E-state index in [1.165, 1.54) is 40.2 Å². The van der Waals surface area contributed by atoms with Gasteiger partial charge in [0.25, 0.3) is 0 Å². The summed E-state index contributed by atoms with van der Waals surface area (Å²) in [4.78, 5) is 0. The van der Waals surface area contributed by atoms with Gasteiger partial charge in [0.05, 0.1) is 0 Å². The number of hydrogen-bond donors (Lipinski definition) is 1. The second-order valence-electron chi connectivity index (χ2n) is 5.75. The largest absolute Gasteiger partial charge is 0.318 e. The summed E-state index contributed by atoms with van der Waals surface area (Å²) in [7, 11) is 0. The lowest BCUT2D eigenvalue weighted by Gasteiger charge is -2.12. The predicted molar refractivity (Wildman–Crippen MR) is 86.7 cm³/mol. The molecule has 0 fully saturated rings. The van der Waals surface area contributed by atoms with Crippen molar-refractivity contribution in [3.8, 4) is 5.69 Å². The minimum Gasteiger partial charge on any atom is -0.318 e. The molecule has 0 radical (unpaired) electrons. The van der Waals surface area contributed by atoms with Gasteiger partial charge in [-0.25, -0.2) is 0 Å². The number of aromatic nitrogens is 1. The standard InChI is InChI=1S/C18H26N2/c1-6-7-19-12-17-11-15(4)20(16(17)5)18-9-13(2)8-14(3)10-18/h8-11,19H,6-7,12H2,1-5H3. The van der Waals surface area contributed by atoms with Gasteiger partial charge in [0, 0.05) is 23.6 Å². The molecule has 0 amide bonds. The van der Waals surface area contributed by atoms with Crippen LogP contribution >= 0.6 is 0 Å². The summed E-state index contributed by atoms with van der Waals surface area (Å²) in [5.74, 6) is 0. The highest BCUT2D eigenvalue weighted by molar-refractivity contribution is 5.45. The molecule has 2 nitrogen and oxygen atoms in total. The highest BCUT2D eigenvalue weighted by Gasteiger charge is 2.10. The van der Waals surface area contributed by atoms with E-state index in [2.05, 4.69) is 68.8 Å². The minimum absolute atomic E-state index is 0.957. The fraction of sp³-hybridized carbons (Fsp3) is 0.444. The molecule has 2 rings (SSSR count). The Morgan fingerprint density at radius 2 is 1.60 bits per heavy atom. The van der Waals surface area contributed by atoms with Crippen molar-refractivity contribution in [2.75, 3.05) is 6.54 Å². The molecule has 1 aromatic heterocycles. The number of nitrogens with zero attached hydrogens (tertiary/aromatic N) is 1. The van der Waals surface area contributed by atoms with Crippen LogP contribution in [0.1, 0.15) is 41.4 Å². The Balaban J connectivity index is 2.36. The molecule has 0 bridgehead atoms. The molecule has 0 spiro atoms. The Morgan fingerprint density at radius 1 is 0.950 bits per heavy atom.